The van der Waals surface area contributed by atoms with Crippen molar-refractivity contribution in [2.45, 2.75) is 6.42 Å². The lowest BCUT2D eigenvalue weighted by Gasteiger charge is -2.31. The molecule has 158 valence electrons. The van der Waals surface area contributed by atoms with Crippen LogP contribution in [0.4, 0.5) is 16.5 Å². The van der Waals surface area contributed by atoms with Crippen molar-refractivity contribution >= 4 is 39.4 Å². The smallest absolute Gasteiger partial charge is 0.260 e. The molecule has 0 bridgehead atoms. The van der Waals surface area contributed by atoms with Gasteiger partial charge in [-0.05, 0) is 24.1 Å². The Balaban J connectivity index is 1.33. The van der Waals surface area contributed by atoms with Crippen molar-refractivity contribution in [1.82, 2.24) is 15.3 Å². The topological polar surface area (TPSA) is 73.4 Å². The zero-order valence-electron chi connectivity index (χ0n) is 17.2. The Morgan fingerprint density at radius 3 is 2.87 bits per heavy atom. The van der Waals surface area contributed by atoms with Gasteiger partial charge in [0.2, 0.25) is 0 Å². The molecule has 2 aromatic heterocycles. The molecule has 0 spiro atoms. The molecule has 1 aromatic carbocycles. The highest BCUT2D eigenvalue weighted by Crippen LogP contribution is 2.31. The second-order valence-corrected chi connectivity index (χ2v) is 8.45. The van der Waals surface area contributed by atoms with Gasteiger partial charge in [-0.25, -0.2) is 4.98 Å². The number of nitrogens with zero attached hydrogens (tertiary/aromatic N) is 4. The van der Waals surface area contributed by atoms with Crippen molar-refractivity contribution in [3.05, 3.63) is 71.5 Å². The molecule has 0 atom stereocenters. The monoisotopic (exact) mass is 432 g/mol. The zero-order valence-corrected chi connectivity index (χ0v) is 18.0. The van der Waals surface area contributed by atoms with Crippen LogP contribution in [-0.4, -0.2) is 48.6 Å². The van der Waals surface area contributed by atoms with Gasteiger partial charge in [-0.2, -0.15) is 0 Å². The first-order valence-electron chi connectivity index (χ1n) is 10.4. The molecule has 7 nitrogen and oxygen atoms in total. The third kappa shape index (κ3) is 3.92. The summed E-state index contributed by atoms with van der Waals surface area (Å²) in [5.41, 5.74) is 5.31. The second kappa shape index (κ2) is 8.49. The van der Waals surface area contributed by atoms with Crippen molar-refractivity contribution in [1.29, 1.82) is 0 Å². The average Bonchev–Trinajstić information content (AvgIpc) is 3.31. The molecule has 1 amide bonds. The van der Waals surface area contributed by atoms with Crippen molar-refractivity contribution in [2.24, 2.45) is 0 Å². The van der Waals surface area contributed by atoms with Crippen LogP contribution in [0, 0.1) is 0 Å². The van der Waals surface area contributed by atoms with Crippen LogP contribution in [0.1, 0.15) is 21.6 Å². The van der Waals surface area contributed by atoms with E-state index in [-0.39, 0.29) is 5.91 Å². The third-order valence-corrected chi connectivity index (χ3v) is 6.53. The Kier molecular flexibility index (Phi) is 5.40. The van der Waals surface area contributed by atoms with Crippen molar-refractivity contribution in [3.8, 4) is 0 Å². The summed E-state index contributed by atoms with van der Waals surface area (Å²) in [6.07, 6.45) is 4.47. The number of amides is 1. The number of anilines is 3. The molecule has 2 aliphatic heterocycles. The van der Waals surface area contributed by atoms with Crippen LogP contribution in [0.5, 0.6) is 0 Å². The number of carbonyl (C=O) groups excluding carboxylic acids is 1. The predicted octanol–water partition coefficient (Wildman–Crippen LogP) is 3.23. The van der Waals surface area contributed by atoms with Gasteiger partial charge in [-0.1, -0.05) is 24.8 Å². The molecule has 4 heterocycles. The Bertz CT molecular complexity index is 1120. The highest BCUT2D eigenvalue weighted by molar-refractivity contribution is 7.14. The van der Waals surface area contributed by atoms with Crippen molar-refractivity contribution in [3.63, 3.8) is 0 Å². The summed E-state index contributed by atoms with van der Waals surface area (Å²) in [7, 11) is 0. The van der Waals surface area contributed by atoms with E-state index in [0.717, 1.165) is 60.8 Å². The molecule has 2 aliphatic rings. The minimum absolute atomic E-state index is 0.00887. The molecule has 31 heavy (non-hydrogen) atoms. The van der Waals surface area contributed by atoms with E-state index < -0.39 is 0 Å². The summed E-state index contributed by atoms with van der Waals surface area (Å²) in [6, 6.07) is 9.82. The van der Waals surface area contributed by atoms with Gasteiger partial charge in [0, 0.05) is 49.9 Å². The number of thiazole rings is 1. The van der Waals surface area contributed by atoms with E-state index in [9.17, 15) is 4.79 Å². The number of aromatic nitrogens is 2. The van der Waals surface area contributed by atoms with Crippen LogP contribution in [0.15, 0.2) is 54.7 Å². The fraction of sp³-hybridized carbons (Fsp3) is 0.261. The minimum Gasteiger partial charge on any atom is -0.367 e. The number of hydrogen-bond donors (Lipinski definition) is 2. The zero-order chi connectivity index (χ0) is 21.2. The molecule has 5 rings (SSSR count). The molecule has 1 fully saturated rings. The van der Waals surface area contributed by atoms with E-state index in [1.54, 1.807) is 4.90 Å². The normalized spacial score (nSPS) is 16.2. The van der Waals surface area contributed by atoms with Crippen LogP contribution in [0.25, 0.3) is 5.70 Å². The number of hydrogen-bond acceptors (Lipinski definition) is 7. The number of rotatable bonds is 5. The van der Waals surface area contributed by atoms with Gasteiger partial charge in [0.05, 0.1) is 29.0 Å². The first-order chi connectivity index (χ1) is 15.2. The molecular formula is C23H24N6OS. The van der Waals surface area contributed by atoms with Crippen molar-refractivity contribution < 1.29 is 4.79 Å². The van der Waals surface area contributed by atoms with E-state index in [2.05, 4.69) is 27.1 Å². The molecule has 2 N–H and O–H groups in total. The first kappa shape index (κ1) is 19.7. The van der Waals surface area contributed by atoms with Crippen LogP contribution in [0.3, 0.4) is 0 Å². The van der Waals surface area contributed by atoms with Crippen LogP contribution in [0.2, 0.25) is 0 Å². The van der Waals surface area contributed by atoms with Crippen LogP contribution < -0.4 is 20.4 Å². The van der Waals surface area contributed by atoms with Gasteiger partial charge in [0.25, 0.3) is 5.91 Å². The largest absolute Gasteiger partial charge is 0.367 e. The molecule has 8 heteroatoms. The number of carbonyl (C=O) groups is 1. The first-order valence-corrected chi connectivity index (χ1v) is 11.3. The molecule has 0 radical (unpaired) electrons. The summed E-state index contributed by atoms with van der Waals surface area (Å²) in [4.78, 5) is 26.0. The maximum Gasteiger partial charge on any atom is 0.260 e. The Morgan fingerprint density at radius 1 is 1.16 bits per heavy atom. The van der Waals surface area contributed by atoms with E-state index >= 15 is 0 Å². The lowest BCUT2D eigenvalue weighted by atomic mass is 10.00. The number of nitrogens with one attached hydrogen (secondary N) is 2. The highest BCUT2D eigenvalue weighted by Gasteiger charge is 2.27. The fourth-order valence-electron chi connectivity index (χ4n) is 4.03. The highest BCUT2D eigenvalue weighted by atomic mass is 32.1. The fourth-order valence-corrected chi connectivity index (χ4v) is 4.89. The molecular weight excluding hydrogens is 408 g/mol. The number of benzene rings is 1. The lowest BCUT2D eigenvalue weighted by molar-refractivity contribution is 0.0980. The molecule has 3 aromatic rings. The Hall–Kier alpha value is -3.23. The summed E-state index contributed by atoms with van der Waals surface area (Å²) in [5, 5.41) is 9.41. The second-order valence-electron chi connectivity index (χ2n) is 7.61. The molecule has 0 saturated carbocycles. The predicted molar refractivity (Wildman–Crippen MR) is 126 cm³/mol. The summed E-state index contributed by atoms with van der Waals surface area (Å²) in [5.74, 6) is 0.00887. The minimum atomic E-state index is 0.00887. The van der Waals surface area contributed by atoms with E-state index in [0.29, 0.717) is 17.4 Å². The van der Waals surface area contributed by atoms with Gasteiger partial charge >= 0.3 is 0 Å². The van der Waals surface area contributed by atoms with Gasteiger partial charge in [-0.3, -0.25) is 14.7 Å². The van der Waals surface area contributed by atoms with E-state index in [4.69, 9.17) is 4.98 Å². The Labute approximate surface area is 185 Å². The van der Waals surface area contributed by atoms with Gasteiger partial charge in [0.1, 0.15) is 0 Å². The van der Waals surface area contributed by atoms with Crippen molar-refractivity contribution in [2.75, 3.05) is 47.8 Å². The summed E-state index contributed by atoms with van der Waals surface area (Å²) in [6.45, 7) is 8.65. The van der Waals surface area contributed by atoms with E-state index in [1.807, 2.05) is 48.1 Å². The van der Waals surface area contributed by atoms with E-state index in [1.165, 1.54) is 11.3 Å². The Morgan fingerprint density at radius 2 is 2.00 bits per heavy atom. The van der Waals surface area contributed by atoms with Gasteiger partial charge < -0.3 is 15.5 Å². The van der Waals surface area contributed by atoms with Crippen LogP contribution >= 0.6 is 11.3 Å². The molecule has 1 saturated heterocycles. The number of piperazine rings is 1. The molecule has 0 unspecified atom stereocenters. The summed E-state index contributed by atoms with van der Waals surface area (Å²) >= 11 is 1.46. The SMILES string of the molecule is C=C(Nc1cnccc1N1CCNCC1)c1csc(N2CCc3ccccc3C2=O)n1. The maximum atomic E-state index is 12.9. The molecule has 0 aliphatic carbocycles. The van der Waals surface area contributed by atoms with Crippen LogP contribution in [-0.2, 0) is 6.42 Å². The quantitative estimate of drug-likeness (QED) is 0.645. The lowest BCUT2D eigenvalue weighted by Crippen LogP contribution is -2.43. The average molecular weight is 433 g/mol. The number of fused-ring (bicyclic) bond motifs is 1. The standard InChI is InChI=1S/C23H24N6OS/c1-16(26-19-14-25-8-6-21(19)28-12-9-24-10-13-28)20-15-31-23(27-20)29-11-7-17-4-2-3-5-18(17)22(29)30/h2-6,8,14-15,24,26H,1,7,9-13H2. The third-order valence-electron chi connectivity index (χ3n) is 5.67. The maximum absolute atomic E-state index is 12.9. The number of pyridine rings is 1. The van der Waals surface area contributed by atoms with Gasteiger partial charge in [0.15, 0.2) is 5.13 Å². The van der Waals surface area contributed by atoms with Gasteiger partial charge in [-0.15, -0.1) is 11.3 Å². The summed E-state index contributed by atoms with van der Waals surface area (Å²) < 4.78 is 0.